The Kier molecular flexibility index (Phi) is 6.44. The standard InChI is InChI=1S/C13H23N3O4/c1-8(9-3-2-4-15-7-9)5-12(18)16-10(13(19)20)6-11(14)17/h8-10,15H,2-7H2,1H3,(H2,14,17)(H,16,18)(H,19,20)/t8?,9?,10-/m0/s1. The highest BCUT2D eigenvalue weighted by molar-refractivity contribution is 5.88. The van der Waals surface area contributed by atoms with E-state index < -0.39 is 17.9 Å². The van der Waals surface area contributed by atoms with Gasteiger partial charge in [0.25, 0.3) is 0 Å². The molecule has 0 spiro atoms. The Morgan fingerprint density at radius 1 is 1.40 bits per heavy atom. The smallest absolute Gasteiger partial charge is 0.326 e. The largest absolute Gasteiger partial charge is 0.480 e. The first-order valence-electron chi connectivity index (χ1n) is 6.91. The van der Waals surface area contributed by atoms with Crippen molar-refractivity contribution in [3.8, 4) is 0 Å². The molecule has 1 rings (SSSR count). The van der Waals surface area contributed by atoms with Crippen LogP contribution in [0.2, 0.25) is 0 Å². The molecule has 7 nitrogen and oxygen atoms in total. The predicted octanol–water partition coefficient (Wildman–Crippen LogP) is -0.543. The average Bonchev–Trinajstić information content (AvgIpc) is 2.38. The summed E-state index contributed by atoms with van der Waals surface area (Å²) in [6, 6.07) is -1.24. The molecule has 0 aromatic rings. The summed E-state index contributed by atoms with van der Waals surface area (Å²) >= 11 is 0. The Bertz CT molecular complexity index is 367. The van der Waals surface area contributed by atoms with E-state index in [1.54, 1.807) is 0 Å². The zero-order chi connectivity index (χ0) is 15.1. The lowest BCUT2D eigenvalue weighted by Crippen LogP contribution is -2.44. The topological polar surface area (TPSA) is 122 Å². The van der Waals surface area contributed by atoms with Crippen molar-refractivity contribution in [1.82, 2.24) is 10.6 Å². The quantitative estimate of drug-likeness (QED) is 0.500. The van der Waals surface area contributed by atoms with Crippen LogP contribution in [0.5, 0.6) is 0 Å². The fourth-order valence-electron chi connectivity index (χ4n) is 2.48. The van der Waals surface area contributed by atoms with E-state index in [-0.39, 0.29) is 24.7 Å². The first-order chi connectivity index (χ1) is 9.40. The minimum Gasteiger partial charge on any atom is -0.480 e. The zero-order valence-corrected chi connectivity index (χ0v) is 11.7. The van der Waals surface area contributed by atoms with Crippen molar-refractivity contribution >= 4 is 17.8 Å². The van der Waals surface area contributed by atoms with Gasteiger partial charge >= 0.3 is 5.97 Å². The van der Waals surface area contributed by atoms with Gasteiger partial charge in [-0.1, -0.05) is 6.92 Å². The van der Waals surface area contributed by atoms with Crippen LogP contribution < -0.4 is 16.4 Å². The molecule has 114 valence electrons. The summed E-state index contributed by atoms with van der Waals surface area (Å²) in [6.45, 7) is 3.88. The third-order valence-corrected chi connectivity index (χ3v) is 3.69. The normalized spacial score (nSPS) is 21.8. The third-order valence-electron chi connectivity index (χ3n) is 3.69. The molecule has 7 heteroatoms. The number of rotatable bonds is 7. The van der Waals surface area contributed by atoms with Crippen LogP contribution in [-0.2, 0) is 14.4 Å². The summed E-state index contributed by atoms with van der Waals surface area (Å²) in [4.78, 5) is 33.5. The molecule has 1 aliphatic heterocycles. The number of nitrogens with one attached hydrogen (secondary N) is 2. The van der Waals surface area contributed by atoms with Crippen LogP contribution in [0, 0.1) is 11.8 Å². The minimum absolute atomic E-state index is 0.172. The number of hydrogen-bond donors (Lipinski definition) is 4. The highest BCUT2D eigenvalue weighted by Crippen LogP contribution is 2.22. The number of carbonyl (C=O) groups is 3. The first kappa shape index (κ1) is 16.4. The molecule has 1 saturated heterocycles. The fourth-order valence-corrected chi connectivity index (χ4v) is 2.48. The number of carboxylic acid groups (broad SMARTS) is 1. The number of carbonyl (C=O) groups excluding carboxylic acids is 2. The first-order valence-corrected chi connectivity index (χ1v) is 6.91. The Morgan fingerprint density at radius 2 is 2.10 bits per heavy atom. The summed E-state index contributed by atoms with van der Waals surface area (Å²) in [5, 5.41) is 14.6. The number of hydrogen-bond acceptors (Lipinski definition) is 4. The molecule has 0 aromatic heterocycles. The van der Waals surface area contributed by atoms with E-state index in [1.807, 2.05) is 6.92 Å². The second kappa shape index (κ2) is 7.84. The fraction of sp³-hybridized carbons (Fsp3) is 0.769. The lowest BCUT2D eigenvalue weighted by atomic mass is 9.85. The molecule has 3 atom stereocenters. The number of primary amides is 1. The lowest BCUT2D eigenvalue weighted by molar-refractivity contribution is -0.143. The maximum Gasteiger partial charge on any atom is 0.326 e. The molecule has 0 bridgehead atoms. The van der Waals surface area contributed by atoms with E-state index in [0.717, 1.165) is 25.9 Å². The van der Waals surface area contributed by atoms with Crippen LogP contribution in [0.3, 0.4) is 0 Å². The monoisotopic (exact) mass is 285 g/mol. The molecule has 0 aliphatic carbocycles. The average molecular weight is 285 g/mol. The van der Waals surface area contributed by atoms with Gasteiger partial charge in [-0.05, 0) is 37.8 Å². The molecule has 5 N–H and O–H groups in total. The number of piperidine rings is 1. The van der Waals surface area contributed by atoms with Crippen LogP contribution in [0.15, 0.2) is 0 Å². The van der Waals surface area contributed by atoms with Gasteiger partial charge in [0.1, 0.15) is 6.04 Å². The van der Waals surface area contributed by atoms with Gasteiger partial charge in [0.2, 0.25) is 11.8 Å². The molecule has 1 heterocycles. The van der Waals surface area contributed by atoms with Gasteiger partial charge in [-0.3, -0.25) is 9.59 Å². The molecular weight excluding hydrogens is 262 g/mol. The third kappa shape index (κ3) is 5.56. The van der Waals surface area contributed by atoms with Crippen LogP contribution >= 0.6 is 0 Å². The molecule has 1 aliphatic rings. The van der Waals surface area contributed by atoms with Gasteiger partial charge in [-0.2, -0.15) is 0 Å². The maximum atomic E-state index is 11.8. The lowest BCUT2D eigenvalue weighted by Gasteiger charge is -2.28. The maximum absolute atomic E-state index is 11.8. The SMILES string of the molecule is CC(CC(=O)N[C@@H](CC(N)=O)C(=O)O)C1CCCNC1. The molecule has 20 heavy (non-hydrogen) atoms. The van der Waals surface area contributed by atoms with E-state index in [2.05, 4.69) is 10.6 Å². The zero-order valence-electron chi connectivity index (χ0n) is 11.7. The molecule has 0 saturated carbocycles. The van der Waals surface area contributed by atoms with Crippen molar-refractivity contribution < 1.29 is 19.5 Å². The molecule has 2 unspecified atom stereocenters. The number of amides is 2. The highest BCUT2D eigenvalue weighted by atomic mass is 16.4. The van der Waals surface area contributed by atoms with E-state index in [1.165, 1.54) is 0 Å². The summed E-state index contributed by atoms with van der Waals surface area (Å²) in [5.74, 6) is -1.75. The van der Waals surface area contributed by atoms with Crippen LogP contribution in [0.1, 0.15) is 32.6 Å². The van der Waals surface area contributed by atoms with Gasteiger partial charge in [-0.15, -0.1) is 0 Å². The molecular formula is C13H23N3O4. The molecule has 1 fully saturated rings. The van der Waals surface area contributed by atoms with E-state index in [0.29, 0.717) is 5.92 Å². The van der Waals surface area contributed by atoms with Crippen LogP contribution in [-0.4, -0.2) is 42.0 Å². The minimum atomic E-state index is -1.25. The summed E-state index contributed by atoms with van der Waals surface area (Å²) in [6.07, 6.45) is 2.04. The highest BCUT2D eigenvalue weighted by Gasteiger charge is 2.25. The Balaban J connectivity index is 2.43. The van der Waals surface area contributed by atoms with Gasteiger partial charge < -0.3 is 21.5 Å². The van der Waals surface area contributed by atoms with Crippen molar-refractivity contribution in [2.45, 2.75) is 38.6 Å². The predicted molar refractivity (Wildman–Crippen MR) is 72.8 cm³/mol. The number of nitrogens with two attached hydrogens (primary N) is 1. The van der Waals surface area contributed by atoms with Crippen molar-refractivity contribution in [1.29, 1.82) is 0 Å². The Morgan fingerprint density at radius 3 is 2.60 bits per heavy atom. The second-order valence-corrected chi connectivity index (χ2v) is 5.42. The van der Waals surface area contributed by atoms with Crippen molar-refractivity contribution in [3.63, 3.8) is 0 Å². The van der Waals surface area contributed by atoms with E-state index >= 15 is 0 Å². The van der Waals surface area contributed by atoms with Crippen molar-refractivity contribution in [2.75, 3.05) is 13.1 Å². The van der Waals surface area contributed by atoms with Crippen LogP contribution in [0.25, 0.3) is 0 Å². The number of aliphatic carboxylic acids is 1. The summed E-state index contributed by atoms with van der Waals surface area (Å²) in [7, 11) is 0. The molecule has 0 radical (unpaired) electrons. The summed E-state index contributed by atoms with van der Waals surface area (Å²) < 4.78 is 0. The van der Waals surface area contributed by atoms with E-state index in [9.17, 15) is 14.4 Å². The van der Waals surface area contributed by atoms with Gasteiger partial charge in [0, 0.05) is 6.42 Å². The Hall–Kier alpha value is -1.63. The Labute approximate surface area is 118 Å². The molecule has 0 aromatic carbocycles. The van der Waals surface area contributed by atoms with Gasteiger partial charge in [-0.25, -0.2) is 4.79 Å². The summed E-state index contributed by atoms with van der Waals surface area (Å²) in [5.41, 5.74) is 4.96. The second-order valence-electron chi connectivity index (χ2n) is 5.42. The van der Waals surface area contributed by atoms with Crippen LogP contribution in [0.4, 0.5) is 0 Å². The van der Waals surface area contributed by atoms with Gasteiger partial charge in [0.15, 0.2) is 0 Å². The van der Waals surface area contributed by atoms with Gasteiger partial charge in [0.05, 0.1) is 6.42 Å². The van der Waals surface area contributed by atoms with E-state index in [4.69, 9.17) is 10.8 Å². The van der Waals surface area contributed by atoms with Crippen molar-refractivity contribution in [3.05, 3.63) is 0 Å². The molecule has 2 amide bonds. The number of carboxylic acids is 1. The van der Waals surface area contributed by atoms with Crippen molar-refractivity contribution in [2.24, 2.45) is 17.6 Å².